The van der Waals surface area contributed by atoms with Gasteiger partial charge in [-0.25, -0.2) is 8.78 Å². The lowest BCUT2D eigenvalue weighted by Crippen LogP contribution is -2.13. The van der Waals surface area contributed by atoms with Gasteiger partial charge in [-0.05, 0) is 44.2 Å². The van der Waals surface area contributed by atoms with E-state index >= 15 is 0 Å². The zero-order valence-electron chi connectivity index (χ0n) is 12.8. The highest BCUT2D eigenvalue weighted by Gasteiger charge is 2.18. The molecule has 2 nitrogen and oxygen atoms in total. The first-order chi connectivity index (χ1) is 10.1. The van der Waals surface area contributed by atoms with Gasteiger partial charge >= 0.3 is 0 Å². The van der Waals surface area contributed by atoms with Crippen molar-refractivity contribution in [1.82, 2.24) is 0 Å². The standard InChI is InChI=1S/C17H24F2O2/c1-3-14(18)11-21-15-8-9-16(17(19)12(15)2)20-10-13-6-4-5-7-13/h8-9,13-14H,3-7,10-11H2,1-2H3. The predicted octanol–water partition coefficient (Wildman–Crippen LogP) is 4.83. The van der Waals surface area contributed by atoms with Crippen molar-refractivity contribution < 1.29 is 18.3 Å². The van der Waals surface area contributed by atoms with E-state index in [2.05, 4.69) is 0 Å². The van der Waals surface area contributed by atoms with E-state index in [4.69, 9.17) is 9.47 Å². The molecule has 0 spiro atoms. The molecule has 0 saturated heterocycles. The maximum absolute atomic E-state index is 14.2. The molecule has 1 aromatic rings. The number of hydrogen-bond donors (Lipinski definition) is 0. The van der Waals surface area contributed by atoms with Crippen LogP contribution in [0.5, 0.6) is 11.5 Å². The molecule has 0 aromatic heterocycles. The van der Waals surface area contributed by atoms with E-state index in [1.807, 2.05) is 0 Å². The normalized spacial score (nSPS) is 17.0. The summed E-state index contributed by atoms with van der Waals surface area (Å²) < 4.78 is 38.4. The van der Waals surface area contributed by atoms with Gasteiger partial charge < -0.3 is 9.47 Å². The molecule has 2 rings (SSSR count). The molecule has 1 aliphatic carbocycles. The third kappa shape index (κ3) is 4.32. The Morgan fingerprint density at radius 3 is 2.52 bits per heavy atom. The first-order valence-corrected chi connectivity index (χ1v) is 7.80. The van der Waals surface area contributed by atoms with Crippen LogP contribution in [-0.2, 0) is 0 Å². The quantitative estimate of drug-likeness (QED) is 0.718. The van der Waals surface area contributed by atoms with Crippen LogP contribution in [0.3, 0.4) is 0 Å². The number of halogens is 2. The summed E-state index contributed by atoms with van der Waals surface area (Å²) in [6, 6.07) is 3.23. The fourth-order valence-electron chi connectivity index (χ4n) is 2.59. The number of ether oxygens (including phenoxy) is 2. The van der Waals surface area contributed by atoms with E-state index in [-0.39, 0.29) is 12.4 Å². The molecule has 4 heteroatoms. The maximum Gasteiger partial charge on any atom is 0.171 e. The monoisotopic (exact) mass is 298 g/mol. The lowest BCUT2D eigenvalue weighted by molar-refractivity contribution is 0.189. The Balaban J connectivity index is 1.95. The van der Waals surface area contributed by atoms with Crippen LogP contribution in [-0.4, -0.2) is 19.4 Å². The number of benzene rings is 1. The van der Waals surface area contributed by atoms with Gasteiger partial charge in [-0.3, -0.25) is 0 Å². The van der Waals surface area contributed by atoms with Gasteiger partial charge in [0.15, 0.2) is 11.6 Å². The Hall–Kier alpha value is -1.32. The molecule has 0 N–H and O–H groups in total. The van der Waals surface area contributed by atoms with Crippen LogP contribution < -0.4 is 9.47 Å². The Kier molecular flexibility index (Phi) is 5.83. The molecule has 0 bridgehead atoms. The average molecular weight is 298 g/mol. The molecule has 1 aromatic carbocycles. The van der Waals surface area contributed by atoms with Crippen LogP contribution in [0.2, 0.25) is 0 Å². The van der Waals surface area contributed by atoms with Gasteiger partial charge in [0.25, 0.3) is 0 Å². The molecule has 0 aliphatic heterocycles. The minimum atomic E-state index is -1.02. The van der Waals surface area contributed by atoms with Crippen molar-refractivity contribution in [2.75, 3.05) is 13.2 Å². The molecule has 0 amide bonds. The lowest BCUT2D eigenvalue weighted by Gasteiger charge is -2.15. The molecule has 21 heavy (non-hydrogen) atoms. The molecular weight excluding hydrogens is 274 g/mol. The van der Waals surface area contributed by atoms with Crippen molar-refractivity contribution >= 4 is 0 Å². The molecular formula is C17H24F2O2. The van der Waals surface area contributed by atoms with E-state index < -0.39 is 12.0 Å². The van der Waals surface area contributed by atoms with Crippen LogP contribution in [0.25, 0.3) is 0 Å². The highest BCUT2D eigenvalue weighted by molar-refractivity contribution is 5.41. The van der Waals surface area contributed by atoms with Gasteiger partial charge in [0.1, 0.15) is 18.5 Å². The minimum absolute atomic E-state index is 0.0426. The topological polar surface area (TPSA) is 18.5 Å². The van der Waals surface area contributed by atoms with Crippen LogP contribution in [0.15, 0.2) is 12.1 Å². The molecule has 1 unspecified atom stereocenters. The van der Waals surface area contributed by atoms with Gasteiger partial charge in [0, 0.05) is 5.56 Å². The Bertz CT molecular complexity index is 456. The third-order valence-electron chi connectivity index (χ3n) is 4.11. The summed E-state index contributed by atoms with van der Waals surface area (Å²) in [7, 11) is 0. The summed E-state index contributed by atoms with van der Waals surface area (Å²) >= 11 is 0. The highest BCUT2D eigenvalue weighted by atomic mass is 19.1. The van der Waals surface area contributed by atoms with Crippen molar-refractivity contribution in [1.29, 1.82) is 0 Å². The Labute approximate surface area is 125 Å². The largest absolute Gasteiger partial charge is 0.490 e. The molecule has 1 saturated carbocycles. The number of rotatable bonds is 7. The second kappa shape index (κ2) is 7.62. The second-order valence-corrected chi connectivity index (χ2v) is 5.78. The Morgan fingerprint density at radius 1 is 1.19 bits per heavy atom. The van der Waals surface area contributed by atoms with Crippen molar-refractivity contribution in [3.05, 3.63) is 23.5 Å². The molecule has 1 atom stereocenters. The van der Waals surface area contributed by atoms with Gasteiger partial charge in [-0.15, -0.1) is 0 Å². The molecule has 118 valence electrons. The van der Waals surface area contributed by atoms with E-state index in [1.54, 1.807) is 26.0 Å². The van der Waals surface area contributed by atoms with Gasteiger partial charge in [-0.1, -0.05) is 19.8 Å². The summed E-state index contributed by atoms with van der Waals surface area (Å²) in [5.41, 5.74) is 0.377. The molecule has 0 heterocycles. The fourth-order valence-corrected chi connectivity index (χ4v) is 2.59. The van der Waals surface area contributed by atoms with Crippen LogP contribution in [0.4, 0.5) is 8.78 Å². The minimum Gasteiger partial charge on any atom is -0.490 e. The zero-order chi connectivity index (χ0) is 15.2. The van der Waals surface area contributed by atoms with Gasteiger partial charge in [-0.2, -0.15) is 0 Å². The van der Waals surface area contributed by atoms with Crippen molar-refractivity contribution in [2.24, 2.45) is 5.92 Å². The Morgan fingerprint density at radius 2 is 1.86 bits per heavy atom. The van der Waals surface area contributed by atoms with E-state index in [0.29, 0.717) is 30.3 Å². The maximum atomic E-state index is 14.2. The van der Waals surface area contributed by atoms with Crippen LogP contribution in [0.1, 0.15) is 44.6 Å². The number of hydrogen-bond acceptors (Lipinski definition) is 2. The summed E-state index contributed by atoms with van der Waals surface area (Å²) in [5.74, 6) is 0.783. The molecule has 1 aliphatic rings. The number of alkyl halides is 1. The van der Waals surface area contributed by atoms with E-state index in [0.717, 1.165) is 12.8 Å². The second-order valence-electron chi connectivity index (χ2n) is 5.78. The van der Waals surface area contributed by atoms with Crippen LogP contribution in [0, 0.1) is 18.7 Å². The summed E-state index contributed by atoms with van der Waals surface area (Å²) in [5, 5.41) is 0. The van der Waals surface area contributed by atoms with Crippen molar-refractivity contribution in [2.45, 2.75) is 52.1 Å². The van der Waals surface area contributed by atoms with Crippen molar-refractivity contribution in [3.8, 4) is 11.5 Å². The summed E-state index contributed by atoms with van der Waals surface area (Å²) in [4.78, 5) is 0. The lowest BCUT2D eigenvalue weighted by atomic mass is 10.1. The van der Waals surface area contributed by atoms with Gasteiger partial charge in [0.05, 0.1) is 6.61 Å². The summed E-state index contributed by atoms with van der Waals surface area (Å²) in [6.07, 6.45) is 4.18. The first kappa shape index (κ1) is 16.1. The summed E-state index contributed by atoms with van der Waals surface area (Å²) in [6.45, 7) is 3.91. The van der Waals surface area contributed by atoms with E-state index in [1.165, 1.54) is 12.8 Å². The van der Waals surface area contributed by atoms with E-state index in [9.17, 15) is 8.78 Å². The third-order valence-corrected chi connectivity index (χ3v) is 4.11. The molecule has 0 radical (unpaired) electrons. The highest BCUT2D eigenvalue weighted by Crippen LogP contribution is 2.30. The molecule has 1 fully saturated rings. The fraction of sp³-hybridized carbons (Fsp3) is 0.647. The average Bonchev–Trinajstić information content (AvgIpc) is 3.00. The smallest absolute Gasteiger partial charge is 0.171 e. The first-order valence-electron chi connectivity index (χ1n) is 7.80. The van der Waals surface area contributed by atoms with Gasteiger partial charge in [0.2, 0.25) is 0 Å². The SMILES string of the molecule is CCC(F)COc1ccc(OCC2CCCC2)c(F)c1C. The van der Waals surface area contributed by atoms with Crippen molar-refractivity contribution in [3.63, 3.8) is 0 Å². The predicted molar refractivity (Wildman–Crippen MR) is 79.3 cm³/mol. The zero-order valence-corrected chi connectivity index (χ0v) is 12.8. The van der Waals surface area contributed by atoms with Crippen LogP contribution >= 0.6 is 0 Å².